The Morgan fingerprint density at radius 1 is 1.04 bits per heavy atom. The Balaban J connectivity index is 1.41. The van der Waals surface area contributed by atoms with Gasteiger partial charge in [0.05, 0.1) is 30.3 Å². The average molecular weight is 703 g/mol. The first kappa shape index (κ1) is 35.5. The molecule has 13 heteroatoms. The van der Waals surface area contributed by atoms with Crippen LogP contribution in [0.1, 0.15) is 65.5 Å². The molecule has 266 valence electrons. The number of aromatic nitrogens is 4. The number of methoxy groups -OCH3 is 2. The highest BCUT2D eigenvalue weighted by molar-refractivity contribution is 7.89. The molecule has 0 aliphatic carbocycles. The molecule has 4 atom stereocenters. The topological polar surface area (TPSA) is 129 Å². The van der Waals surface area contributed by atoms with E-state index in [0.717, 1.165) is 35.5 Å². The van der Waals surface area contributed by atoms with Crippen molar-refractivity contribution in [2.75, 3.05) is 52.0 Å². The Morgan fingerprint density at radius 3 is 2.48 bits per heavy atom. The van der Waals surface area contributed by atoms with Crippen LogP contribution in [0.25, 0.3) is 0 Å². The van der Waals surface area contributed by atoms with Gasteiger partial charge in [0.1, 0.15) is 23.9 Å². The van der Waals surface area contributed by atoms with Gasteiger partial charge in [-0.15, -0.1) is 5.10 Å². The molecule has 1 saturated heterocycles. The summed E-state index contributed by atoms with van der Waals surface area (Å²) in [5, 5.41) is 12.1. The van der Waals surface area contributed by atoms with Crippen LogP contribution >= 0.6 is 0 Å². The first-order chi connectivity index (χ1) is 24.1. The molecule has 3 aromatic carbocycles. The lowest BCUT2D eigenvalue weighted by molar-refractivity contribution is 0.0783. The number of benzene rings is 3. The third kappa shape index (κ3) is 7.40. The highest BCUT2D eigenvalue weighted by atomic mass is 32.2. The highest BCUT2D eigenvalue weighted by Gasteiger charge is 2.45. The van der Waals surface area contributed by atoms with E-state index in [1.165, 1.54) is 0 Å². The van der Waals surface area contributed by atoms with Gasteiger partial charge in [-0.2, -0.15) is 4.31 Å². The van der Waals surface area contributed by atoms with E-state index < -0.39 is 22.0 Å². The Bertz CT molecular complexity index is 1880. The zero-order chi connectivity index (χ0) is 35.4. The van der Waals surface area contributed by atoms with Crippen LogP contribution < -0.4 is 14.4 Å². The Morgan fingerprint density at radius 2 is 1.80 bits per heavy atom. The van der Waals surface area contributed by atoms with Gasteiger partial charge >= 0.3 is 0 Å². The number of hydrogen-bond acceptors (Lipinski definition) is 10. The number of carbonyl (C=O) groups is 1. The Kier molecular flexibility index (Phi) is 10.8. The highest BCUT2D eigenvalue weighted by Crippen LogP contribution is 2.43. The van der Waals surface area contributed by atoms with Crippen LogP contribution in [-0.2, 0) is 14.8 Å². The minimum Gasteiger partial charge on any atom is -0.497 e. The normalized spacial score (nSPS) is 20.2. The summed E-state index contributed by atoms with van der Waals surface area (Å²) in [6, 6.07) is 19.6. The molecular weight excluding hydrogens is 657 g/mol. The number of hydrogen-bond donors (Lipinski definition) is 0. The Hall–Kier alpha value is -4.33. The minimum absolute atomic E-state index is 0.0167. The third-order valence-electron chi connectivity index (χ3n) is 9.97. The van der Waals surface area contributed by atoms with Gasteiger partial charge in [-0.1, -0.05) is 29.8 Å². The smallest absolute Gasteiger partial charge is 0.243 e. The van der Waals surface area contributed by atoms with Gasteiger partial charge in [0.15, 0.2) is 5.78 Å². The number of ether oxygens (including phenoxy) is 3. The van der Waals surface area contributed by atoms with Crippen molar-refractivity contribution in [3.63, 3.8) is 0 Å². The molecule has 50 heavy (non-hydrogen) atoms. The number of fused-ring (bicyclic) bond motifs is 1. The minimum atomic E-state index is -3.99. The van der Waals surface area contributed by atoms with Crippen LogP contribution in [0, 0.1) is 19.8 Å². The predicted octanol–water partition coefficient (Wildman–Crippen LogP) is 5.23. The van der Waals surface area contributed by atoms with Crippen molar-refractivity contribution in [1.29, 1.82) is 0 Å². The molecule has 12 nitrogen and oxygen atoms in total. The number of Topliss-reactive ketones (excluding diaryl/α,β-unsaturated/α-hetero) is 1. The number of ketones is 1. The van der Waals surface area contributed by atoms with Gasteiger partial charge in [0, 0.05) is 44.3 Å². The van der Waals surface area contributed by atoms with E-state index in [1.54, 1.807) is 53.5 Å². The quantitative estimate of drug-likeness (QED) is 0.135. The van der Waals surface area contributed by atoms with Crippen molar-refractivity contribution < 1.29 is 27.4 Å². The summed E-state index contributed by atoms with van der Waals surface area (Å²) < 4.78 is 49.1. The fourth-order valence-electron chi connectivity index (χ4n) is 7.30. The van der Waals surface area contributed by atoms with Gasteiger partial charge < -0.3 is 19.1 Å². The maximum absolute atomic E-state index is 14.8. The van der Waals surface area contributed by atoms with E-state index in [0.29, 0.717) is 49.7 Å². The fraction of sp³-hybridized carbons (Fsp3) is 0.459. The number of carbonyl (C=O) groups excluding carboxylic acids is 1. The number of tetrazole rings is 1. The van der Waals surface area contributed by atoms with Crippen LogP contribution in [0.3, 0.4) is 0 Å². The molecule has 2 aliphatic heterocycles. The summed E-state index contributed by atoms with van der Waals surface area (Å²) in [4.78, 5) is 17.2. The van der Waals surface area contributed by atoms with E-state index in [1.807, 2.05) is 57.2 Å². The predicted molar refractivity (Wildman–Crippen MR) is 190 cm³/mol. The zero-order valence-electron chi connectivity index (χ0n) is 29.4. The van der Waals surface area contributed by atoms with Crippen molar-refractivity contribution in [3.05, 3.63) is 89.2 Å². The molecule has 1 fully saturated rings. The van der Waals surface area contributed by atoms with Gasteiger partial charge in [-0.05, 0) is 104 Å². The van der Waals surface area contributed by atoms with Crippen LogP contribution in [0.2, 0.25) is 0 Å². The van der Waals surface area contributed by atoms with Crippen LogP contribution in [-0.4, -0.2) is 91.8 Å². The van der Waals surface area contributed by atoms with Crippen molar-refractivity contribution >= 4 is 21.5 Å². The maximum Gasteiger partial charge on any atom is 0.243 e. The number of rotatable bonds is 13. The molecule has 0 unspecified atom stereocenters. The van der Waals surface area contributed by atoms with E-state index in [9.17, 15) is 13.2 Å². The monoisotopic (exact) mass is 702 g/mol. The van der Waals surface area contributed by atoms with Crippen LogP contribution in [0.5, 0.6) is 11.5 Å². The number of nitrogens with zero attached hydrogens (tertiary/aromatic N) is 6. The summed E-state index contributed by atoms with van der Waals surface area (Å²) in [6.45, 7) is 8.43. The lowest BCUT2D eigenvalue weighted by Crippen LogP contribution is -2.52. The maximum atomic E-state index is 14.8. The molecule has 0 spiro atoms. The summed E-state index contributed by atoms with van der Waals surface area (Å²) in [5.41, 5.74) is 3.30. The van der Waals surface area contributed by atoms with E-state index >= 15 is 0 Å². The summed E-state index contributed by atoms with van der Waals surface area (Å²) in [5.74, 6) is 1.05. The Labute approximate surface area is 294 Å². The molecule has 0 N–H and O–H groups in total. The largest absolute Gasteiger partial charge is 0.497 e. The molecule has 0 radical (unpaired) electrons. The summed E-state index contributed by atoms with van der Waals surface area (Å²) >= 11 is 0. The number of piperidine rings is 1. The second-order valence-electron chi connectivity index (χ2n) is 13.2. The number of anilines is 1. The number of aryl methyl sites for hydroxylation is 2. The lowest BCUT2D eigenvalue weighted by Gasteiger charge is -2.44. The van der Waals surface area contributed by atoms with Gasteiger partial charge in [-0.25, -0.2) is 13.1 Å². The standard InChI is InChI=1S/C37H46N6O6S/c1-25-7-14-32(15-8-25)50(45,46)42-24-34(37(44)29-11-16-36-35(22-29)41(18-20-49-36)17-6-19-47-4)33(28-9-12-31(48-5)13-10-28)23-30(42)21-26(2)43-27(3)38-39-40-43/h7-16,22,26,30,33-34H,6,17-21,23-24H2,1-5H3/t26-,30+,33+,34+/m1/s1. The van der Waals surface area contributed by atoms with Crippen molar-refractivity contribution in [2.24, 2.45) is 5.92 Å². The molecular formula is C37H46N6O6S. The molecule has 4 aromatic rings. The summed E-state index contributed by atoms with van der Waals surface area (Å²) in [6.07, 6.45) is 1.72. The third-order valence-corrected chi connectivity index (χ3v) is 11.9. The second kappa shape index (κ2) is 15.3. The molecule has 3 heterocycles. The molecule has 0 saturated carbocycles. The van der Waals surface area contributed by atoms with Gasteiger partial charge in [0.2, 0.25) is 10.0 Å². The van der Waals surface area contributed by atoms with Crippen molar-refractivity contribution in [2.45, 2.75) is 62.9 Å². The average Bonchev–Trinajstić information content (AvgIpc) is 3.57. The molecule has 1 aromatic heterocycles. The molecule has 0 bridgehead atoms. The van der Waals surface area contributed by atoms with Crippen molar-refractivity contribution in [1.82, 2.24) is 24.5 Å². The molecule has 2 aliphatic rings. The SMILES string of the molecule is COCCCN1CCOc2ccc(C(=O)[C@H]3CN(S(=O)(=O)c4ccc(C)cc4)[C@@H](C[C@@H](C)n4nnnc4C)C[C@H]3c3ccc(OC)cc3)cc21. The van der Waals surface area contributed by atoms with E-state index in [2.05, 4.69) is 20.4 Å². The number of sulfonamides is 1. The lowest BCUT2D eigenvalue weighted by atomic mass is 9.74. The fourth-order valence-corrected chi connectivity index (χ4v) is 8.97. The van der Waals surface area contributed by atoms with E-state index in [4.69, 9.17) is 14.2 Å². The first-order valence-corrected chi connectivity index (χ1v) is 18.6. The van der Waals surface area contributed by atoms with E-state index in [-0.39, 0.29) is 29.2 Å². The summed E-state index contributed by atoms with van der Waals surface area (Å²) in [7, 11) is -0.687. The van der Waals surface area contributed by atoms with Crippen LogP contribution in [0.15, 0.2) is 71.6 Å². The second-order valence-corrected chi connectivity index (χ2v) is 15.1. The van der Waals surface area contributed by atoms with Crippen molar-refractivity contribution in [3.8, 4) is 11.5 Å². The zero-order valence-corrected chi connectivity index (χ0v) is 30.2. The molecule has 0 amide bonds. The first-order valence-electron chi connectivity index (χ1n) is 17.1. The van der Waals surface area contributed by atoms with Gasteiger partial charge in [-0.3, -0.25) is 4.79 Å². The van der Waals surface area contributed by atoms with Gasteiger partial charge in [0.25, 0.3) is 0 Å². The molecule has 6 rings (SSSR count). The van der Waals surface area contributed by atoms with Crippen LogP contribution in [0.4, 0.5) is 5.69 Å².